The molecule has 5 aliphatic rings. The van der Waals surface area contributed by atoms with Gasteiger partial charge in [-0.15, -0.1) is 0 Å². The van der Waals surface area contributed by atoms with Gasteiger partial charge in [-0.3, -0.25) is 0 Å². The second kappa shape index (κ2) is 9.64. The molecule has 1 spiro atoms. The Labute approximate surface area is 221 Å². The van der Waals surface area contributed by atoms with Crippen LogP contribution in [0.2, 0.25) is 0 Å². The Hall–Kier alpha value is -0.430. The van der Waals surface area contributed by atoms with Crippen LogP contribution < -0.4 is 10.0 Å². The zero-order valence-corrected chi connectivity index (χ0v) is 24.7. The van der Waals surface area contributed by atoms with Crippen molar-refractivity contribution in [2.75, 3.05) is 12.8 Å². The summed E-state index contributed by atoms with van der Waals surface area (Å²) >= 11 is 0. The number of nitrogens with one attached hydrogen (secondary N) is 2. The highest BCUT2D eigenvalue weighted by molar-refractivity contribution is 7.88. The largest absolute Gasteiger partial charge is 0.369 e. The maximum Gasteiger partial charge on any atom is 0.208 e. The maximum absolute atomic E-state index is 11.9. The lowest BCUT2D eigenvalue weighted by Gasteiger charge is -2.56. The van der Waals surface area contributed by atoms with Gasteiger partial charge in [0.15, 0.2) is 0 Å². The molecule has 5 nitrogen and oxygen atoms in total. The van der Waals surface area contributed by atoms with Crippen LogP contribution in [0.4, 0.5) is 0 Å². The van der Waals surface area contributed by atoms with Gasteiger partial charge in [0.05, 0.1) is 18.0 Å². The Morgan fingerprint density at radius 2 is 1.75 bits per heavy atom. The van der Waals surface area contributed by atoms with Crippen molar-refractivity contribution in [3.63, 3.8) is 0 Å². The van der Waals surface area contributed by atoms with Gasteiger partial charge in [0.25, 0.3) is 0 Å². The summed E-state index contributed by atoms with van der Waals surface area (Å²) in [6.07, 6.45) is 12.0. The van der Waals surface area contributed by atoms with Gasteiger partial charge in [-0.25, -0.2) is 13.1 Å². The molecule has 6 heteroatoms. The predicted octanol–water partition coefficient (Wildman–Crippen LogP) is 5.66. The second-order valence-corrected chi connectivity index (χ2v) is 15.9. The number of fused-ring (bicyclic) bond motifs is 2. The number of piperidine rings is 1. The molecule has 0 bridgehead atoms. The highest BCUT2D eigenvalue weighted by Crippen LogP contribution is 2.59. The van der Waals surface area contributed by atoms with Crippen molar-refractivity contribution in [3.8, 4) is 0 Å². The van der Waals surface area contributed by atoms with Crippen LogP contribution >= 0.6 is 0 Å². The molecule has 0 radical (unpaired) electrons. The zero-order valence-electron chi connectivity index (χ0n) is 23.9. The van der Waals surface area contributed by atoms with Crippen molar-refractivity contribution < 1.29 is 13.2 Å². The average Bonchev–Trinajstić information content (AvgIpc) is 2.98. The van der Waals surface area contributed by atoms with Gasteiger partial charge in [0.2, 0.25) is 10.0 Å². The van der Waals surface area contributed by atoms with Gasteiger partial charge in [-0.05, 0) is 113 Å². The Morgan fingerprint density at radius 3 is 2.47 bits per heavy atom. The molecule has 0 unspecified atom stereocenters. The average molecular weight is 521 g/mol. The van der Waals surface area contributed by atoms with Crippen molar-refractivity contribution in [2.45, 2.75) is 123 Å². The number of ether oxygens (including phenoxy) is 1. The molecule has 2 saturated heterocycles. The third-order valence-electron chi connectivity index (χ3n) is 12.1. The lowest BCUT2D eigenvalue weighted by Crippen LogP contribution is -2.51. The molecule has 206 valence electrons. The fraction of sp³-hybridized carbons (Fsp3) is 0.933. The first-order valence-electron chi connectivity index (χ1n) is 14.9. The molecule has 0 amide bonds. The number of allylic oxidation sites excluding steroid dienone is 1. The molecule has 2 N–H and O–H groups in total. The monoisotopic (exact) mass is 520 g/mol. The van der Waals surface area contributed by atoms with E-state index in [1.54, 1.807) is 11.1 Å². The van der Waals surface area contributed by atoms with Crippen LogP contribution in [0, 0.1) is 40.9 Å². The Kier molecular flexibility index (Phi) is 7.27. The minimum absolute atomic E-state index is 0.00774. The van der Waals surface area contributed by atoms with E-state index in [0.29, 0.717) is 53.1 Å². The molecule has 4 fully saturated rings. The third-order valence-corrected chi connectivity index (χ3v) is 12.9. The molecular formula is C30H52N2O3S. The fourth-order valence-corrected chi connectivity index (χ4v) is 10.5. The van der Waals surface area contributed by atoms with E-state index in [1.165, 1.54) is 38.4 Å². The van der Waals surface area contributed by atoms with Gasteiger partial charge in [0.1, 0.15) is 0 Å². The van der Waals surface area contributed by atoms with E-state index < -0.39 is 10.0 Å². The summed E-state index contributed by atoms with van der Waals surface area (Å²) in [5, 5.41) is 3.85. The summed E-state index contributed by atoms with van der Waals surface area (Å²) in [5.74, 6) is 3.89. The normalized spacial score (nSPS) is 50.0. The van der Waals surface area contributed by atoms with Crippen LogP contribution in [0.15, 0.2) is 11.1 Å². The Balaban J connectivity index is 1.32. The molecule has 0 aromatic rings. The summed E-state index contributed by atoms with van der Waals surface area (Å²) in [4.78, 5) is 0. The minimum Gasteiger partial charge on any atom is -0.369 e. The number of rotatable bonds is 3. The van der Waals surface area contributed by atoms with Crippen molar-refractivity contribution in [1.29, 1.82) is 0 Å². The van der Waals surface area contributed by atoms with E-state index in [9.17, 15) is 8.42 Å². The minimum atomic E-state index is -3.14. The first kappa shape index (κ1) is 27.1. The van der Waals surface area contributed by atoms with Crippen LogP contribution in [0.25, 0.3) is 0 Å². The molecule has 5 rings (SSSR count). The van der Waals surface area contributed by atoms with E-state index in [0.717, 1.165) is 32.2 Å². The van der Waals surface area contributed by atoms with Crippen LogP contribution in [-0.4, -0.2) is 45.0 Å². The van der Waals surface area contributed by atoms with E-state index in [2.05, 4.69) is 51.6 Å². The SMILES string of the molecule is CC1=C(C)[C@H]([C@@H]2CC[C@@H]3C[C@H](NS(C)(=O)=O)CC[C@]3(C)[C@H]2C)CC[C@@]2(C1)O[C@@H]1C[C@H](C)CN[C@H]1[C@H]2C. The van der Waals surface area contributed by atoms with E-state index in [1.807, 2.05) is 0 Å². The molecule has 11 atom stereocenters. The molecule has 2 heterocycles. The number of hydrogen-bond acceptors (Lipinski definition) is 4. The molecule has 0 aromatic carbocycles. The summed E-state index contributed by atoms with van der Waals surface area (Å²) < 4.78 is 33.7. The van der Waals surface area contributed by atoms with Crippen LogP contribution in [0.1, 0.15) is 99.3 Å². The Morgan fingerprint density at radius 1 is 1.00 bits per heavy atom. The maximum atomic E-state index is 11.9. The topological polar surface area (TPSA) is 67.4 Å². The molecular weight excluding hydrogens is 468 g/mol. The van der Waals surface area contributed by atoms with E-state index in [-0.39, 0.29) is 11.6 Å². The van der Waals surface area contributed by atoms with Gasteiger partial charge >= 0.3 is 0 Å². The smallest absolute Gasteiger partial charge is 0.208 e. The third kappa shape index (κ3) is 4.75. The fourth-order valence-electron chi connectivity index (χ4n) is 9.64. The van der Waals surface area contributed by atoms with Gasteiger partial charge in [-0.2, -0.15) is 0 Å². The van der Waals surface area contributed by atoms with Gasteiger partial charge < -0.3 is 10.1 Å². The lowest BCUT2D eigenvalue weighted by molar-refractivity contribution is -0.0758. The van der Waals surface area contributed by atoms with E-state index >= 15 is 0 Å². The highest BCUT2D eigenvalue weighted by Gasteiger charge is 2.56. The summed E-state index contributed by atoms with van der Waals surface area (Å²) in [7, 11) is -3.14. The molecule has 36 heavy (non-hydrogen) atoms. The zero-order chi connectivity index (χ0) is 26.0. The summed E-state index contributed by atoms with van der Waals surface area (Å²) in [6, 6.07) is 0.624. The quantitative estimate of drug-likeness (QED) is 0.471. The van der Waals surface area contributed by atoms with Crippen LogP contribution in [0.5, 0.6) is 0 Å². The lowest BCUT2D eigenvalue weighted by atomic mass is 9.50. The Bertz CT molecular complexity index is 979. The molecule has 3 aliphatic carbocycles. The van der Waals surface area contributed by atoms with E-state index in [4.69, 9.17) is 4.74 Å². The second-order valence-electron chi connectivity index (χ2n) is 14.2. The molecule has 2 saturated carbocycles. The van der Waals surface area contributed by atoms with Gasteiger partial charge in [0, 0.05) is 18.0 Å². The van der Waals surface area contributed by atoms with Crippen LogP contribution in [0.3, 0.4) is 0 Å². The van der Waals surface area contributed by atoms with Crippen molar-refractivity contribution >= 4 is 10.0 Å². The first-order valence-corrected chi connectivity index (χ1v) is 16.8. The standard InChI is InChI=1S/C30H52N2O3S/c1-18-14-27-28(31-17-18)22(5)30(35-27)13-11-25(20(3)19(2)16-30)26-9-8-23-15-24(32-36(7,33)34)10-12-29(23,6)21(26)4/h18,21-28,31-32H,8-17H2,1-7H3/t18-,21-,22+,23+,24+,25+,26+,27+,28-,29+,30-/m0/s1. The highest BCUT2D eigenvalue weighted by atomic mass is 32.2. The van der Waals surface area contributed by atoms with Crippen molar-refractivity contribution in [2.24, 2.45) is 40.9 Å². The van der Waals surface area contributed by atoms with Crippen molar-refractivity contribution in [3.05, 3.63) is 11.1 Å². The number of hydrogen-bond donors (Lipinski definition) is 2. The summed E-state index contributed by atoms with van der Waals surface area (Å²) in [5.41, 5.74) is 3.52. The first-order chi connectivity index (χ1) is 16.8. The predicted molar refractivity (Wildman–Crippen MR) is 147 cm³/mol. The van der Waals surface area contributed by atoms with Crippen LogP contribution in [-0.2, 0) is 14.8 Å². The number of sulfonamides is 1. The summed E-state index contributed by atoms with van der Waals surface area (Å²) in [6.45, 7) is 15.8. The molecule has 0 aromatic heterocycles. The molecule has 2 aliphatic heterocycles. The van der Waals surface area contributed by atoms with Crippen molar-refractivity contribution in [1.82, 2.24) is 10.0 Å². The van der Waals surface area contributed by atoms with Gasteiger partial charge in [-0.1, -0.05) is 38.8 Å².